The van der Waals surface area contributed by atoms with E-state index < -0.39 is 11.9 Å². The van der Waals surface area contributed by atoms with Crippen molar-refractivity contribution in [2.45, 2.75) is 12.8 Å². The number of nitrogens with zero attached hydrogens (tertiary/aromatic N) is 4. The fourth-order valence-electron chi connectivity index (χ4n) is 2.28. The van der Waals surface area contributed by atoms with Crippen LogP contribution in [0.25, 0.3) is 0 Å². The molecule has 0 bridgehead atoms. The number of oxime groups is 1. The fourth-order valence-corrected chi connectivity index (χ4v) is 2.52. The lowest BCUT2D eigenvalue weighted by Crippen LogP contribution is -2.09. The maximum atomic E-state index is 13.4. The summed E-state index contributed by atoms with van der Waals surface area (Å²) >= 11 is 11.5. The van der Waals surface area contributed by atoms with Crippen LogP contribution in [0.15, 0.2) is 47.8 Å². The minimum atomic E-state index is -4.71. The Morgan fingerprint density at radius 2 is 1.86 bits per heavy atom. The van der Waals surface area contributed by atoms with Crippen LogP contribution in [0, 0.1) is 0 Å². The number of rotatable bonds is 6. The Bertz CT molecular complexity index is 1000. The van der Waals surface area contributed by atoms with E-state index in [1.807, 2.05) is 0 Å². The number of hydrogen-bond donors (Lipinski definition) is 0. The molecule has 0 spiro atoms. The summed E-state index contributed by atoms with van der Waals surface area (Å²) in [4.78, 5) is 8.95. The average molecular weight is 445 g/mol. The van der Waals surface area contributed by atoms with E-state index in [-0.39, 0.29) is 23.8 Å². The molecule has 0 aliphatic carbocycles. The predicted octanol–water partition coefficient (Wildman–Crippen LogP) is 5.48. The second kappa shape index (κ2) is 8.71. The number of halogens is 5. The van der Waals surface area contributed by atoms with E-state index in [4.69, 9.17) is 32.8 Å². The van der Waals surface area contributed by atoms with Crippen LogP contribution >= 0.6 is 23.2 Å². The molecule has 0 unspecified atom stereocenters. The molecule has 2 aromatic heterocycles. The maximum absolute atomic E-state index is 13.4. The number of hydrogen-bond acceptors (Lipinski definition) is 5. The Kier molecular flexibility index (Phi) is 6.29. The molecule has 0 radical (unpaired) electrons. The lowest BCUT2D eigenvalue weighted by molar-refractivity contribution is -0.141. The Morgan fingerprint density at radius 3 is 2.48 bits per heavy atom. The van der Waals surface area contributed by atoms with E-state index >= 15 is 0 Å². The van der Waals surface area contributed by atoms with Crippen molar-refractivity contribution in [1.29, 1.82) is 0 Å². The minimum absolute atomic E-state index is 0.00431. The quantitative estimate of drug-likeness (QED) is 0.286. The molecule has 0 aliphatic rings. The van der Waals surface area contributed by atoms with E-state index in [9.17, 15) is 13.2 Å². The van der Waals surface area contributed by atoms with Gasteiger partial charge in [-0.1, -0.05) is 34.4 Å². The summed E-state index contributed by atoms with van der Waals surface area (Å²) in [5.41, 5.74) is -0.875. The first-order valence-corrected chi connectivity index (χ1v) is 8.83. The highest BCUT2D eigenvalue weighted by Gasteiger charge is 2.39. The number of aryl methyl sites for hydroxylation is 1. The van der Waals surface area contributed by atoms with E-state index in [0.29, 0.717) is 15.7 Å². The molecular formula is C18H13Cl2F3N4O2. The molecule has 0 atom stereocenters. The van der Waals surface area contributed by atoms with Crippen molar-refractivity contribution >= 4 is 29.4 Å². The van der Waals surface area contributed by atoms with E-state index in [0.717, 1.165) is 10.9 Å². The van der Waals surface area contributed by atoms with Gasteiger partial charge in [0, 0.05) is 23.8 Å². The van der Waals surface area contributed by atoms with E-state index in [2.05, 4.69) is 15.2 Å². The standard InChI is InChI=1S/C18H13Cl2F3N4O2/c1-27-17(29-13-5-3-12(19)4-6-13)14(16(26-27)18(21,22)23)9-25-28-10-11-2-7-15(20)24-8-11/h2-9H,10H2,1H3. The van der Waals surface area contributed by atoms with Crippen LogP contribution in [-0.4, -0.2) is 21.0 Å². The predicted molar refractivity (Wildman–Crippen MR) is 101 cm³/mol. The number of pyridine rings is 1. The van der Waals surface area contributed by atoms with Gasteiger partial charge in [0.2, 0.25) is 5.88 Å². The van der Waals surface area contributed by atoms with Crippen molar-refractivity contribution in [3.8, 4) is 11.6 Å². The molecule has 0 amide bonds. The fraction of sp³-hybridized carbons (Fsp3) is 0.167. The second-order valence-electron chi connectivity index (χ2n) is 5.74. The summed E-state index contributed by atoms with van der Waals surface area (Å²) < 4.78 is 46.7. The van der Waals surface area contributed by atoms with E-state index in [1.165, 1.54) is 25.4 Å². The molecule has 0 aliphatic heterocycles. The van der Waals surface area contributed by atoms with Crippen molar-refractivity contribution in [2.75, 3.05) is 0 Å². The average Bonchev–Trinajstić information content (AvgIpc) is 2.98. The number of benzene rings is 1. The zero-order chi connectivity index (χ0) is 21.0. The third kappa shape index (κ3) is 5.39. The maximum Gasteiger partial charge on any atom is 0.435 e. The molecule has 29 heavy (non-hydrogen) atoms. The van der Waals surface area contributed by atoms with Crippen molar-refractivity contribution in [2.24, 2.45) is 12.2 Å². The van der Waals surface area contributed by atoms with Gasteiger partial charge < -0.3 is 9.57 Å². The lowest BCUT2D eigenvalue weighted by Gasteiger charge is -2.07. The molecular weight excluding hydrogens is 432 g/mol. The Balaban J connectivity index is 1.84. The summed E-state index contributed by atoms with van der Waals surface area (Å²) in [6.45, 7) is -0.00431. The minimum Gasteiger partial charge on any atom is -0.439 e. The third-order valence-electron chi connectivity index (χ3n) is 3.60. The van der Waals surface area contributed by atoms with Gasteiger partial charge in [0.1, 0.15) is 17.5 Å². The van der Waals surface area contributed by atoms with Crippen LogP contribution in [0.1, 0.15) is 16.8 Å². The summed E-state index contributed by atoms with van der Waals surface area (Å²) in [5, 5.41) is 7.91. The Morgan fingerprint density at radius 1 is 1.14 bits per heavy atom. The van der Waals surface area contributed by atoms with Gasteiger partial charge in [0.05, 0.1) is 11.8 Å². The van der Waals surface area contributed by atoms with Gasteiger partial charge in [-0.15, -0.1) is 0 Å². The molecule has 0 saturated carbocycles. The number of ether oxygens (including phenoxy) is 1. The van der Waals surface area contributed by atoms with Gasteiger partial charge in [-0.25, -0.2) is 9.67 Å². The third-order valence-corrected chi connectivity index (χ3v) is 4.08. The smallest absolute Gasteiger partial charge is 0.435 e. The lowest BCUT2D eigenvalue weighted by atomic mass is 10.2. The van der Waals surface area contributed by atoms with Crippen LogP contribution in [0.4, 0.5) is 13.2 Å². The van der Waals surface area contributed by atoms with Crippen LogP contribution < -0.4 is 4.74 Å². The highest BCUT2D eigenvalue weighted by molar-refractivity contribution is 6.30. The van der Waals surface area contributed by atoms with Gasteiger partial charge in [0.25, 0.3) is 0 Å². The van der Waals surface area contributed by atoms with Gasteiger partial charge in [-0.2, -0.15) is 18.3 Å². The Labute approximate surface area is 173 Å². The highest BCUT2D eigenvalue weighted by Crippen LogP contribution is 2.36. The first-order chi connectivity index (χ1) is 13.7. The van der Waals surface area contributed by atoms with Gasteiger partial charge in [-0.3, -0.25) is 0 Å². The zero-order valence-corrected chi connectivity index (χ0v) is 16.3. The number of alkyl halides is 3. The molecule has 152 valence electrons. The Hall–Kier alpha value is -2.78. The highest BCUT2D eigenvalue weighted by atomic mass is 35.5. The normalized spacial score (nSPS) is 11.8. The van der Waals surface area contributed by atoms with Crippen molar-refractivity contribution < 1.29 is 22.7 Å². The molecule has 11 heteroatoms. The summed E-state index contributed by atoms with van der Waals surface area (Å²) in [6, 6.07) is 9.36. The molecule has 3 aromatic rings. The zero-order valence-electron chi connectivity index (χ0n) is 14.8. The van der Waals surface area contributed by atoms with Crippen LogP contribution in [0.5, 0.6) is 11.6 Å². The van der Waals surface area contributed by atoms with Crippen LogP contribution in [0.2, 0.25) is 10.2 Å². The molecule has 2 heterocycles. The topological polar surface area (TPSA) is 61.5 Å². The summed E-state index contributed by atoms with van der Waals surface area (Å²) in [7, 11) is 1.33. The SMILES string of the molecule is Cn1nc(C(F)(F)F)c(C=NOCc2ccc(Cl)nc2)c1Oc1ccc(Cl)cc1. The van der Waals surface area contributed by atoms with Crippen LogP contribution in [-0.2, 0) is 24.7 Å². The molecule has 3 rings (SSSR count). The summed E-state index contributed by atoms with van der Waals surface area (Å²) in [6.07, 6.45) is -2.33. The second-order valence-corrected chi connectivity index (χ2v) is 6.57. The first kappa shape index (κ1) is 20.9. The molecule has 0 fully saturated rings. The molecule has 0 saturated heterocycles. The molecule has 0 N–H and O–H groups in total. The van der Waals surface area contributed by atoms with Gasteiger partial charge in [0.15, 0.2) is 5.69 Å². The van der Waals surface area contributed by atoms with Crippen molar-refractivity contribution in [1.82, 2.24) is 14.8 Å². The molecule has 1 aromatic carbocycles. The van der Waals surface area contributed by atoms with Gasteiger partial charge in [-0.05, 0) is 30.3 Å². The largest absolute Gasteiger partial charge is 0.439 e. The first-order valence-electron chi connectivity index (χ1n) is 8.07. The van der Waals surface area contributed by atoms with Crippen molar-refractivity contribution in [3.05, 3.63) is 69.6 Å². The van der Waals surface area contributed by atoms with E-state index in [1.54, 1.807) is 24.3 Å². The summed E-state index contributed by atoms with van der Waals surface area (Å²) in [5.74, 6) is 0.133. The monoisotopic (exact) mass is 444 g/mol. The van der Waals surface area contributed by atoms with Gasteiger partial charge >= 0.3 is 6.18 Å². The molecule has 6 nitrogen and oxygen atoms in total. The van der Waals surface area contributed by atoms with Crippen molar-refractivity contribution in [3.63, 3.8) is 0 Å². The number of aromatic nitrogens is 3. The van der Waals surface area contributed by atoms with Crippen LogP contribution in [0.3, 0.4) is 0 Å².